The second-order valence-corrected chi connectivity index (χ2v) is 6.64. The molecule has 126 valence electrons. The Balaban J connectivity index is 1.74. The lowest BCUT2D eigenvalue weighted by atomic mass is 9.93. The van der Waals surface area contributed by atoms with Crippen molar-refractivity contribution in [3.05, 3.63) is 41.2 Å². The van der Waals surface area contributed by atoms with Gasteiger partial charge in [0.05, 0.1) is 31.1 Å². The standard InChI is InChI=1S/C18H22N4O2/c1-13-14(2)20-21-17(19-13)22-11-15-5-3-4-6-16(15)24-18(12-22)7-9-23-10-8-18/h3-6H,7-12H2,1-2H3. The summed E-state index contributed by atoms with van der Waals surface area (Å²) in [5, 5.41) is 8.59. The number of hydrogen-bond acceptors (Lipinski definition) is 6. The Kier molecular flexibility index (Phi) is 3.84. The van der Waals surface area contributed by atoms with Crippen LogP contribution in [0.2, 0.25) is 0 Å². The molecule has 6 nitrogen and oxygen atoms in total. The van der Waals surface area contributed by atoms with Gasteiger partial charge in [-0.05, 0) is 19.9 Å². The third-order valence-corrected chi connectivity index (χ3v) is 4.91. The second-order valence-electron chi connectivity index (χ2n) is 6.64. The fourth-order valence-corrected chi connectivity index (χ4v) is 3.33. The van der Waals surface area contributed by atoms with Crippen molar-refractivity contribution in [2.45, 2.75) is 38.8 Å². The normalized spacial score (nSPS) is 19.5. The van der Waals surface area contributed by atoms with Gasteiger partial charge in [0.15, 0.2) is 0 Å². The fourth-order valence-electron chi connectivity index (χ4n) is 3.33. The number of aromatic nitrogens is 3. The molecule has 1 spiro atoms. The Morgan fingerprint density at radius 3 is 2.62 bits per heavy atom. The Bertz CT molecular complexity index is 744. The number of hydrogen-bond donors (Lipinski definition) is 0. The lowest BCUT2D eigenvalue weighted by Gasteiger charge is -2.38. The van der Waals surface area contributed by atoms with Gasteiger partial charge in [-0.25, -0.2) is 4.98 Å². The van der Waals surface area contributed by atoms with E-state index in [1.165, 1.54) is 0 Å². The second kappa shape index (κ2) is 6.02. The van der Waals surface area contributed by atoms with Crippen molar-refractivity contribution in [2.24, 2.45) is 0 Å². The summed E-state index contributed by atoms with van der Waals surface area (Å²) in [6, 6.07) is 8.22. The molecule has 1 saturated heterocycles. The van der Waals surface area contributed by atoms with E-state index in [4.69, 9.17) is 9.47 Å². The molecule has 2 aliphatic heterocycles. The molecule has 0 unspecified atom stereocenters. The predicted octanol–water partition coefficient (Wildman–Crippen LogP) is 2.44. The zero-order valence-electron chi connectivity index (χ0n) is 14.2. The topological polar surface area (TPSA) is 60.4 Å². The molecule has 1 fully saturated rings. The van der Waals surface area contributed by atoms with Gasteiger partial charge in [0.1, 0.15) is 11.4 Å². The SMILES string of the molecule is Cc1nnc(N2Cc3ccccc3OC3(CCOCC3)C2)nc1C. The van der Waals surface area contributed by atoms with E-state index in [9.17, 15) is 0 Å². The summed E-state index contributed by atoms with van der Waals surface area (Å²) >= 11 is 0. The van der Waals surface area contributed by atoms with Gasteiger partial charge in [0, 0.05) is 24.9 Å². The molecule has 0 saturated carbocycles. The number of rotatable bonds is 1. The van der Waals surface area contributed by atoms with E-state index in [1.807, 2.05) is 26.0 Å². The van der Waals surface area contributed by atoms with E-state index in [0.717, 1.165) is 61.8 Å². The van der Waals surface area contributed by atoms with Crippen molar-refractivity contribution < 1.29 is 9.47 Å². The van der Waals surface area contributed by atoms with Crippen molar-refractivity contribution in [3.63, 3.8) is 0 Å². The molecule has 0 amide bonds. The molecule has 1 aromatic heterocycles. The molecule has 4 rings (SSSR count). The average Bonchev–Trinajstić information content (AvgIpc) is 2.74. The maximum absolute atomic E-state index is 6.49. The highest BCUT2D eigenvalue weighted by molar-refractivity contribution is 5.42. The first-order valence-corrected chi connectivity index (χ1v) is 8.43. The van der Waals surface area contributed by atoms with Crippen molar-refractivity contribution in [3.8, 4) is 5.75 Å². The van der Waals surface area contributed by atoms with Gasteiger partial charge < -0.3 is 14.4 Å². The molecule has 0 radical (unpaired) electrons. The summed E-state index contributed by atoms with van der Waals surface area (Å²) in [6.07, 6.45) is 1.74. The molecule has 0 N–H and O–H groups in total. The number of ether oxygens (including phenoxy) is 2. The first-order valence-electron chi connectivity index (χ1n) is 8.43. The van der Waals surface area contributed by atoms with Gasteiger partial charge in [-0.2, -0.15) is 5.10 Å². The molecule has 2 aliphatic rings. The Morgan fingerprint density at radius 2 is 1.83 bits per heavy atom. The maximum Gasteiger partial charge on any atom is 0.246 e. The van der Waals surface area contributed by atoms with E-state index >= 15 is 0 Å². The smallest absolute Gasteiger partial charge is 0.246 e. The first kappa shape index (κ1) is 15.3. The third-order valence-electron chi connectivity index (χ3n) is 4.91. The van der Waals surface area contributed by atoms with Crippen LogP contribution in [0.4, 0.5) is 5.95 Å². The quantitative estimate of drug-likeness (QED) is 0.802. The summed E-state index contributed by atoms with van der Waals surface area (Å²) in [5.74, 6) is 1.63. The molecular formula is C18H22N4O2. The Labute approximate surface area is 141 Å². The molecule has 6 heteroatoms. The highest BCUT2D eigenvalue weighted by atomic mass is 16.5. The lowest BCUT2D eigenvalue weighted by molar-refractivity contribution is -0.0392. The van der Waals surface area contributed by atoms with Crippen LogP contribution in [0, 0.1) is 13.8 Å². The van der Waals surface area contributed by atoms with Crippen molar-refractivity contribution in [1.82, 2.24) is 15.2 Å². The van der Waals surface area contributed by atoms with Crippen LogP contribution in [0.5, 0.6) is 5.75 Å². The number of para-hydroxylation sites is 1. The van der Waals surface area contributed by atoms with Crippen LogP contribution in [0.3, 0.4) is 0 Å². The number of benzene rings is 1. The number of anilines is 1. The maximum atomic E-state index is 6.49. The van der Waals surface area contributed by atoms with Crippen LogP contribution in [0.15, 0.2) is 24.3 Å². The number of nitrogens with zero attached hydrogens (tertiary/aromatic N) is 4. The van der Waals surface area contributed by atoms with Gasteiger partial charge in [-0.15, -0.1) is 5.10 Å². The molecule has 24 heavy (non-hydrogen) atoms. The van der Waals surface area contributed by atoms with Gasteiger partial charge in [-0.3, -0.25) is 0 Å². The van der Waals surface area contributed by atoms with Crippen molar-refractivity contribution >= 4 is 5.95 Å². The summed E-state index contributed by atoms with van der Waals surface area (Å²) in [5.41, 5.74) is 2.68. The molecule has 2 aromatic rings. The summed E-state index contributed by atoms with van der Waals surface area (Å²) < 4.78 is 12.1. The summed E-state index contributed by atoms with van der Waals surface area (Å²) in [4.78, 5) is 6.85. The molecule has 0 atom stereocenters. The van der Waals surface area contributed by atoms with Crippen LogP contribution < -0.4 is 9.64 Å². The third kappa shape index (κ3) is 2.82. The van der Waals surface area contributed by atoms with Crippen LogP contribution >= 0.6 is 0 Å². The highest BCUT2D eigenvalue weighted by Gasteiger charge is 2.40. The van der Waals surface area contributed by atoms with E-state index in [1.54, 1.807) is 0 Å². The van der Waals surface area contributed by atoms with Gasteiger partial charge in [-0.1, -0.05) is 18.2 Å². The van der Waals surface area contributed by atoms with Crippen LogP contribution in [0.25, 0.3) is 0 Å². The van der Waals surface area contributed by atoms with Crippen LogP contribution in [-0.2, 0) is 11.3 Å². The number of aryl methyl sites for hydroxylation is 2. The largest absolute Gasteiger partial charge is 0.485 e. The van der Waals surface area contributed by atoms with Gasteiger partial charge >= 0.3 is 0 Å². The number of fused-ring (bicyclic) bond motifs is 1. The molecule has 0 aliphatic carbocycles. The van der Waals surface area contributed by atoms with E-state index in [0.29, 0.717) is 5.95 Å². The zero-order chi connectivity index (χ0) is 16.6. The minimum absolute atomic E-state index is 0.257. The van der Waals surface area contributed by atoms with Crippen molar-refractivity contribution in [1.29, 1.82) is 0 Å². The zero-order valence-corrected chi connectivity index (χ0v) is 14.2. The molecular weight excluding hydrogens is 304 g/mol. The van der Waals surface area contributed by atoms with E-state index < -0.39 is 0 Å². The van der Waals surface area contributed by atoms with Crippen LogP contribution in [-0.4, -0.2) is 40.5 Å². The minimum atomic E-state index is -0.257. The van der Waals surface area contributed by atoms with Crippen molar-refractivity contribution in [2.75, 3.05) is 24.7 Å². The van der Waals surface area contributed by atoms with E-state index in [-0.39, 0.29) is 5.60 Å². The summed E-state index contributed by atoms with van der Waals surface area (Å²) in [7, 11) is 0. The molecule has 1 aromatic carbocycles. The molecule has 3 heterocycles. The van der Waals surface area contributed by atoms with Crippen LogP contribution in [0.1, 0.15) is 29.8 Å². The van der Waals surface area contributed by atoms with Gasteiger partial charge in [0.25, 0.3) is 0 Å². The first-order chi connectivity index (χ1) is 11.7. The Hall–Kier alpha value is -2.21. The average molecular weight is 326 g/mol. The summed E-state index contributed by atoms with van der Waals surface area (Å²) in [6.45, 7) is 6.82. The predicted molar refractivity (Wildman–Crippen MR) is 90.2 cm³/mol. The monoisotopic (exact) mass is 326 g/mol. The van der Waals surface area contributed by atoms with E-state index in [2.05, 4.69) is 32.2 Å². The fraction of sp³-hybridized carbons (Fsp3) is 0.500. The molecule has 0 bridgehead atoms. The highest BCUT2D eigenvalue weighted by Crippen LogP contribution is 2.35. The lowest BCUT2D eigenvalue weighted by Crippen LogP contribution is -2.50. The Morgan fingerprint density at radius 1 is 1.04 bits per heavy atom. The van der Waals surface area contributed by atoms with Gasteiger partial charge in [0.2, 0.25) is 5.95 Å². The minimum Gasteiger partial charge on any atom is -0.485 e.